The highest BCUT2D eigenvalue weighted by atomic mass is 35.5. The molecule has 1 fully saturated rings. The second-order valence-corrected chi connectivity index (χ2v) is 9.26. The van der Waals surface area contributed by atoms with Gasteiger partial charge >= 0.3 is 0 Å². The van der Waals surface area contributed by atoms with E-state index < -0.39 is 29.2 Å². The smallest absolute Gasteiger partial charge is 0.253 e. The zero-order chi connectivity index (χ0) is 25.0. The Bertz CT molecular complexity index is 1130. The van der Waals surface area contributed by atoms with Gasteiger partial charge in [-0.25, -0.2) is 4.39 Å². The van der Waals surface area contributed by atoms with Gasteiger partial charge in [-0.15, -0.1) is 0 Å². The van der Waals surface area contributed by atoms with Gasteiger partial charge in [0.05, 0.1) is 40.3 Å². The van der Waals surface area contributed by atoms with Crippen LogP contribution in [-0.4, -0.2) is 54.6 Å². The molecule has 0 bridgehead atoms. The molecule has 0 aromatic heterocycles. The Morgan fingerprint density at radius 1 is 1.29 bits per heavy atom. The number of aliphatic hydroxyl groups excluding tert-OH is 1. The highest BCUT2D eigenvalue weighted by Gasteiger charge is 2.52. The van der Waals surface area contributed by atoms with Crippen LogP contribution in [0.15, 0.2) is 36.4 Å². The first-order valence-corrected chi connectivity index (χ1v) is 11.4. The largest absolute Gasteiger partial charge is 0.391 e. The fourth-order valence-electron chi connectivity index (χ4n) is 4.40. The molecule has 2 amide bonds. The number of halogens is 2. The summed E-state index contributed by atoms with van der Waals surface area (Å²) in [6.45, 7) is 4.93. The summed E-state index contributed by atoms with van der Waals surface area (Å²) in [5, 5.41) is 23.9. The molecule has 34 heavy (non-hydrogen) atoms. The molecule has 2 aromatic carbocycles. The molecule has 180 valence electrons. The number of carbonyl (C=O) groups is 2. The van der Waals surface area contributed by atoms with Crippen LogP contribution in [0.4, 0.5) is 10.1 Å². The summed E-state index contributed by atoms with van der Waals surface area (Å²) in [6, 6.07) is 11.8. The monoisotopic (exact) mass is 486 g/mol. The van der Waals surface area contributed by atoms with Gasteiger partial charge in [0.15, 0.2) is 0 Å². The van der Waals surface area contributed by atoms with Crippen LogP contribution in [0.5, 0.6) is 0 Å². The molecule has 1 aliphatic rings. The van der Waals surface area contributed by atoms with Crippen molar-refractivity contribution in [2.24, 2.45) is 0 Å². The molecule has 0 saturated carbocycles. The van der Waals surface area contributed by atoms with Crippen molar-refractivity contribution in [3.05, 3.63) is 63.9 Å². The maximum absolute atomic E-state index is 14.3. The maximum atomic E-state index is 14.3. The van der Waals surface area contributed by atoms with Gasteiger partial charge in [-0.3, -0.25) is 14.5 Å². The van der Waals surface area contributed by atoms with Gasteiger partial charge in [0.1, 0.15) is 5.82 Å². The van der Waals surface area contributed by atoms with Crippen molar-refractivity contribution < 1.29 is 19.1 Å². The number of amides is 2. The molecule has 1 heterocycles. The number of nitrogens with zero attached hydrogens (tertiary/aromatic N) is 2. The Morgan fingerprint density at radius 3 is 2.59 bits per heavy atom. The number of anilines is 1. The van der Waals surface area contributed by atoms with Crippen LogP contribution >= 0.6 is 11.6 Å². The van der Waals surface area contributed by atoms with Crippen LogP contribution in [0.25, 0.3) is 0 Å². The fraction of sp³-hybridized carbons (Fsp3) is 0.400. The van der Waals surface area contributed by atoms with E-state index in [1.54, 1.807) is 0 Å². The Kier molecular flexibility index (Phi) is 7.93. The molecule has 1 saturated heterocycles. The molecule has 1 unspecified atom stereocenters. The molecule has 7 nitrogen and oxygen atoms in total. The van der Waals surface area contributed by atoms with Gasteiger partial charge < -0.3 is 15.7 Å². The van der Waals surface area contributed by atoms with Crippen LogP contribution in [0, 0.1) is 17.1 Å². The van der Waals surface area contributed by atoms with Crippen molar-refractivity contribution in [3.63, 3.8) is 0 Å². The molecular formula is C25H28ClFN4O3. The molecule has 1 atom stereocenters. The second kappa shape index (κ2) is 10.5. The van der Waals surface area contributed by atoms with Crippen LogP contribution in [0.1, 0.15) is 47.7 Å². The summed E-state index contributed by atoms with van der Waals surface area (Å²) in [7, 11) is 1.43. The second-order valence-electron chi connectivity index (χ2n) is 8.85. The molecule has 0 spiro atoms. The molecule has 3 N–H and O–H groups in total. The van der Waals surface area contributed by atoms with Crippen molar-refractivity contribution in [2.75, 3.05) is 32.0 Å². The van der Waals surface area contributed by atoms with E-state index in [0.29, 0.717) is 13.1 Å². The van der Waals surface area contributed by atoms with E-state index >= 15 is 0 Å². The van der Waals surface area contributed by atoms with E-state index in [0.717, 1.165) is 17.2 Å². The summed E-state index contributed by atoms with van der Waals surface area (Å²) in [5.41, 5.74) is 0.933. The number of β-amino-alcohol motifs (C(OH)–C–C–N with tert-alkyl or cyclic N) is 1. The predicted octanol–water partition coefficient (Wildman–Crippen LogP) is 3.43. The SMILES string of the molecule is CNC(=O)c1cc(Cl)c(F)cc1NC(=O)C1(c2ccccc2C(C)C)CN(CC(O)CC#N)C1. The first-order chi connectivity index (χ1) is 16.1. The number of benzene rings is 2. The summed E-state index contributed by atoms with van der Waals surface area (Å²) in [4.78, 5) is 28.0. The van der Waals surface area contributed by atoms with Gasteiger partial charge in [-0.1, -0.05) is 49.7 Å². The molecule has 0 aliphatic carbocycles. The lowest BCUT2D eigenvalue weighted by Gasteiger charge is -2.50. The van der Waals surface area contributed by atoms with Gasteiger partial charge in [0, 0.05) is 26.7 Å². The van der Waals surface area contributed by atoms with Gasteiger partial charge in [0.2, 0.25) is 5.91 Å². The lowest BCUT2D eigenvalue weighted by Crippen LogP contribution is -2.66. The topological polar surface area (TPSA) is 105 Å². The van der Waals surface area contributed by atoms with Crippen LogP contribution in [-0.2, 0) is 10.2 Å². The summed E-state index contributed by atoms with van der Waals surface area (Å²) in [6.07, 6.45) is -0.825. The normalized spacial score (nSPS) is 15.8. The first kappa shape index (κ1) is 25.6. The Labute approximate surface area is 203 Å². The lowest BCUT2D eigenvalue weighted by atomic mass is 9.69. The molecule has 1 aliphatic heterocycles. The van der Waals surface area contributed by atoms with E-state index in [1.165, 1.54) is 13.1 Å². The van der Waals surface area contributed by atoms with E-state index in [1.807, 2.05) is 49.1 Å². The van der Waals surface area contributed by atoms with Crippen molar-refractivity contribution in [1.29, 1.82) is 5.26 Å². The summed E-state index contributed by atoms with van der Waals surface area (Å²) in [5.74, 6) is -1.51. The lowest BCUT2D eigenvalue weighted by molar-refractivity contribution is -0.129. The molecule has 9 heteroatoms. The van der Waals surface area contributed by atoms with Crippen LogP contribution < -0.4 is 10.6 Å². The standard InChI is InChI=1S/C25H28ClFN4O3/c1-15(2)17-6-4-5-7-19(17)25(13-31(14-25)12-16(32)8-9-28)24(34)30-22-11-21(27)20(26)10-18(22)23(33)29-3/h4-7,10-11,15-16,32H,8,12-14H2,1-3H3,(H,29,33)(H,30,34). The summed E-state index contributed by atoms with van der Waals surface area (Å²) >= 11 is 5.88. The number of nitrogens with one attached hydrogen (secondary N) is 2. The number of nitriles is 1. The fourth-order valence-corrected chi connectivity index (χ4v) is 4.57. The van der Waals surface area contributed by atoms with Crippen LogP contribution in [0.2, 0.25) is 5.02 Å². The summed E-state index contributed by atoms with van der Waals surface area (Å²) < 4.78 is 14.3. The minimum atomic E-state index is -0.983. The first-order valence-electron chi connectivity index (χ1n) is 11.0. The Balaban J connectivity index is 2.00. The molecular weight excluding hydrogens is 459 g/mol. The zero-order valence-electron chi connectivity index (χ0n) is 19.4. The Morgan fingerprint density at radius 2 is 1.97 bits per heavy atom. The van der Waals surface area contributed by atoms with Gasteiger partial charge in [-0.2, -0.15) is 5.26 Å². The van der Waals surface area contributed by atoms with Crippen LogP contribution in [0.3, 0.4) is 0 Å². The number of rotatable bonds is 8. The number of hydrogen-bond acceptors (Lipinski definition) is 5. The molecule has 3 rings (SSSR count). The minimum Gasteiger partial charge on any atom is -0.391 e. The Hall–Kier alpha value is -2.99. The van der Waals surface area contributed by atoms with Crippen molar-refractivity contribution in [2.45, 2.75) is 37.7 Å². The average Bonchev–Trinajstić information content (AvgIpc) is 2.77. The third kappa shape index (κ3) is 5.07. The van der Waals surface area contributed by atoms with Gasteiger partial charge in [-0.05, 0) is 29.2 Å². The number of carbonyl (C=O) groups excluding carboxylic acids is 2. The predicted molar refractivity (Wildman–Crippen MR) is 128 cm³/mol. The third-order valence-electron chi connectivity index (χ3n) is 6.10. The minimum absolute atomic E-state index is 0.00216. The number of likely N-dealkylation sites (tertiary alicyclic amines) is 1. The quantitative estimate of drug-likeness (QED) is 0.530. The van der Waals surface area contributed by atoms with E-state index in [-0.39, 0.29) is 35.2 Å². The highest BCUT2D eigenvalue weighted by molar-refractivity contribution is 6.31. The molecule has 2 aromatic rings. The highest BCUT2D eigenvalue weighted by Crippen LogP contribution is 2.40. The van der Waals surface area contributed by atoms with Crippen molar-refractivity contribution >= 4 is 29.1 Å². The maximum Gasteiger partial charge on any atom is 0.253 e. The van der Waals surface area contributed by atoms with E-state index in [2.05, 4.69) is 10.6 Å². The van der Waals surface area contributed by atoms with E-state index in [9.17, 15) is 19.1 Å². The molecule has 0 radical (unpaired) electrons. The van der Waals surface area contributed by atoms with E-state index in [4.69, 9.17) is 16.9 Å². The number of aliphatic hydroxyl groups is 1. The zero-order valence-corrected chi connectivity index (χ0v) is 20.1. The third-order valence-corrected chi connectivity index (χ3v) is 6.39. The van der Waals surface area contributed by atoms with Crippen molar-refractivity contribution in [3.8, 4) is 6.07 Å². The van der Waals surface area contributed by atoms with Gasteiger partial charge in [0.25, 0.3) is 5.91 Å². The average molecular weight is 487 g/mol. The van der Waals surface area contributed by atoms with Crippen molar-refractivity contribution in [1.82, 2.24) is 10.2 Å². The number of hydrogen-bond donors (Lipinski definition) is 3.